The maximum atomic E-state index is 13.0. The van der Waals surface area contributed by atoms with Crippen LogP contribution >= 0.6 is 0 Å². The number of ether oxygens (including phenoxy) is 2. The molecule has 0 saturated heterocycles. The summed E-state index contributed by atoms with van der Waals surface area (Å²) in [5.74, 6) is 0.991. The van der Waals surface area contributed by atoms with Gasteiger partial charge in [0.25, 0.3) is 0 Å². The van der Waals surface area contributed by atoms with E-state index in [-0.39, 0.29) is 23.6 Å². The van der Waals surface area contributed by atoms with Crippen LogP contribution in [0.1, 0.15) is 17.9 Å². The lowest BCUT2D eigenvalue weighted by Gasteiger charge is -2.10. The van der Waals surface area contributed by atoms with Crippen molar-refractivity contribution in [1.29, 1.82) is 0 Å². The van der Waals surface area contributed by atoms with Crippen molar-refractivity contribution in [2.24, 2.45) is 5.92 Å². The third-order valence-corrected chi connectivity index (χ3v) is 4.04. The van der Waals surface area contributed by atoms with Crippen molar-refractivity contribution in [2.75, 3.05) is 19.5 Å². The Morgan fingerprint density at radius 1 is 1.09 bits per heavy atom. The molecule has 1 amide bonds. The summed E-state index contributed by atoms with van der Waals surface area (Å²) in [6.07, 6.45) is 0.776. The van der Waals surface area contributed by atoms with Crippen molar-refractivity contribution in [3.8, 4) is 11.5 Å². The molecule has 2 aromatic carbocycles. The minimum atomic E-state index is -0.265. The molecule has 120 valence electrons. The fourth-order valence-electron chi connectivity index (χ4n) is 2.68. The molecule has 0 bridgehead atoms. The Balaban J connectivity index is 1.67. The Morgan fingerprint density at radius 3 is 2.26 bits per heavy atom. The quantitative estimate of drug-likeness (QED) is 0.917. The second kappa shape index (κ2) is 6.28. The summed E-state index contributed by atoms with van der Waals surface area (Å²) in [6, 6.07) is 11.6. The van der Waals surface area contributed by atoms with Crippen molar-refractivity contribution in [1.82, 2.24) is 0 Å². The van der Waals surface area contributed by atoms with Crippen LogP contribution in [-0.4, -0.2) is 20.1 Å². The fraction of sp³-hybridized carbons (Fsp3) is 0.278. The first kappa shape index (κ1) is 15.3. The van der Waals surface area contributed by atoms with E-state index in [0.717, 1.165) is 12.0 Å². The van der Waals surface area contributed by atoms with Crippen molar-refractivity contribution in [3.63, 3.8) is 0 Å². The lowest BCUT2D eigenvalue weighted by Crippen LogP contribution is -2.14. The average molecular weight is 315 g/mol. The third kappa shape index (κ3) is 3.44. The second-order valence-corrected chi connectivity index (χ2v) is 5.59. The molecule has 2 atom stereocenters. The average Bonchev–Trinajstić information content (AvgIpc) is 3.36. The molecule has 1 N–H and O–H groups in total. The van der Waals surface area contributed by atoms with Crippen molar-refractivity contribution >= 4 is 11.6 Å². The van der Waals surface area contributed by atoms with Crippen LogP contribution in [0.25, 0.3) is 0 Å². The van der Waals surface area contributed by atoms with Gasteiger partial charge in [-0.1, -0.05) is 12.1 Å². The summed E-state index contributed by atoms with van der Waals surface area (Å²) in [5, 5.41) is 2.89. The number of halogens is 1. The molecule has 0 aliphatic heterocycles. The van der Waals surface area contributed by atoms with Crippen molar-refractivity contribution in [2.45, 2.75) is 12.3 Å². The standard InChI is InChI=1S/C18H18FNO3/c1-22-14-7-13(8-15(9-14)23-2)20-18(21)17-10-16(17)11-3-5-12(19)6-4-11/h3-9,16-17H,10H2,1-2H3,(H,20,21). The highest BCUT2D eigenvalue weighted by Gasteiger charge is 2.43. The maximum absolute atomic E-state index is 13.0. The summed E-state index contributed by atoms with van der Waals surface area (Å²) in [7, 11) is 3.12. The number of hydrogen-bond acceptors (Lipinski definition) is 3. The zero-order chi connectivity index (χ0) is 16.4. The first-order valence-corrected chi connectivity index (χ1v) is 7.40. The molecule has 4 nitrogen and oxygen atoms in total. The summed E-state index contributed by atoms with van der Waals surface area (Å²) < 4.78 is 23.3. The number of carbonyl (C=O) groups excluding carboxylic acids is 1. The molecule has 0 spiro atoms. The molecule has 0 heterocycles. The maximum Gasteiger partial charge on any atom is 0.228 e. The van der Waals surface area contributed by atoms with Gasteiger partial charge in [-0.2, -0.15) is 0 Å². The number of carbonyl (C=O) groups is 1. The zero-order valence-corrected chi connectivity index (χ0v) is 13.0. The molecule has 1 aliphatic rings. The van der Waals surface area contributed by atoms with E-state index in [9.17, 15) is 9.18 Å². The molecule has 0 radical (unpaired) electrons. The molecular formula is C18H18FNO3. The lowest BCUT2D eigenvalue weighted by molar-refractivity contribution is -0.117. The van der Waals surface area contributed by atoms with Crippen LogP contribution in [-0.2, 0) is 4.79 Å². The number of methoxy groups -OCH3 is 2. The van der Waals surface area contributed by atoms with Gasteiger partial charge in [-0.25, -0.2) is 4.39 Å². The van der Waals surface area contributed by atoms with Gasteiger partial charge in [0.2, 0.25) is 5.91 Å². The molecule has 1 aliphatic carbocycles. The summed E-state index contributed by atoms with van der Waals surface area (Å²) in [4.78, 5) is 12.4. The summed E-state index contributed by atoms with van der Waals surface area (Å²) in [6.45, 7) is 0. The molecular weight excluding hydrogens is 297 g/mol. The van der Waals surface area contributed by atoms with E-state index >= 15 is 0 Å². The third-order valence-electron chi connectivity index (χ3n) is 4.04. The highest BCUT2D eigenvalue weighted by molar-refractivity contribution is 5.95. The lowest BCUT2D eigenvalue weighted by atomic mass is 10.1. The molecule has 1 saturated carbocycles. The largest absolute Gasteiger partial charge is 0.497 e. The van der Waals surface area contributed by atoms with Crippen LogP contribution in [0, 0.1) is 11.7 Å². The minimum Gasteiger partial charge on any atom is -0.497 e. The van der Waals surface area contributed by atoms with Crippen LogP contribution in [0.15, 0.2) is 42.5 Å². The zero-order valence-electron chi connectivity index (χ0n) is 13.0. The smallest absolute Gasteiger partial charge is 0.228 e. The molecule has 1 fully saturated rings. The van der Waals surface area contributed by atoms with Gasteiger partial charge in [-0.15, -0.1) is 0 Å². The van der Waals surface area contributed by atoms with Gasteiger partial charge in [0.15, 0.2) is 0 Å². The van der Waals surface area contributed by atoms with E-state index in [1.54, 1.807) is 44.6 Å². The van der Waals surface area contributed by atoms with Gasteiger partial charge in [-0.05, 0) is 30.0 Å². The number of anilines is 1. The first-order valence-electron chi connectivity index (χ1n) is 7.40. The van der Waals surface area contributed by atoms with Gasteiger partial charge >= 0.3 is 0 Å². The van der Waals surface area contributed by atoms with E-state index < -0.39 is 0 Å². The van der Waals surface area contributed by atoms with Crippen LogP contribution in [0.5, 0.6) is 11.5 Å². The van der Waals surface area contributed by atoms with Gasteiger partial charge < -0.3 is 14.8 Å². The van der Waals surface area contributed by atoms with E-state index in [1.807, 2.05) is 0 Å². The van der Waals surface area contributed by atoms with E-state index in [4.69, 9.17) is 9.47 Å². The Hall–Kier alpha value is -2.56. The molecule has 23 heavy (non-hydrogen) atoms. The predicted molar refractivity (Wildman–Crippen MR) is 85.4 cm³/mol. The van der Waals surface area contributed by atoms with Crippen LogP contribution in [0.2, 0.25) is 0 Å². The monoisotopic (exact) mass is 315 g/mol. The summed E-state index contributed by atoms with van der Waals surface area (Å²) >= 11 is 0. The fourth-order valence-corrected chi connectivity index (χ4v) is 2.68. The topological polar surface area (TPSA) is 47.6 Å². The Bertz CT molecular complexity index is 692. The van der Waals surface area contributed by atoms with Gasteiger partial charge in [0.05, 0.1) is 14.2 Å². The number of benzene rings is 2. The predicted octanol–water partition coefficient (Wildman–Crippen LogP) is 3.59. The van der Waals surface area contributed by atoms with Crippen molar-refractivity contribution < 1.29 is 18.7 Å². The SMILES string of the molecule is COc1cc(NC(=O)C2CC2c2ccc(F)cc2)cc(OC)c1. The molecule has 3 rings (SSSR count). The first-order chi connectivity index (χ1) is 11.1. The Morgan fingerprint density at radius 2 is 1.70 bits per heavy atom. The Labute approximate surface area is 134 Å². The van der Waals surface area contributed by atoms with Crippen LogP contribution in [0.4, 0.5) is 10.1 Å². The number of hydrogen-bond donors (Lipinski definition) is 1. The number of rotatable bonds is 5. The van der Waals surface area contributed by atoms with E-state index in [0.29, 0.717) is 17.2 Å². The van der Waals surface area contributed by atoms with Crippen LogP contribution in [0.3, 0.4) is 0 Å². The Kier molecular flexibility index (Phi) is 4.19. The normalized spacial score (nSPS) is 19.1. The number of amides is 1. The van der Waals surface area contributed by atoms with Gasteiger partial charge in [-0.3, -0.25) is 4.79 Å². The van der Waals surface area contributed by atoms with Crippen molar-refractivity contribution in [3.05, 3.63) is 53.8 Å². The van der Waals surface area contributed by atoms with E-state index in [2.05, 4.69) is 5.32 Å². The molecule has 5 heteroatoms. The molecule has 2 aromatic rings. The van der Waals surface area contributed by atoms with E-state index in [1.165, 1.54) is 12.1 Å². The molecule has 2 unspecified atom stereocenters. The summed E-state index contributed by atoms with van der Waals surface area (Å²) in [5.41, 5.74) is 1.63. The highest BCUT2D eigenvalue weighted by Crippen LogP contribution is 2.48. The minimum absolute atomic E-state index is 0.0466. The van der Waals surface area contributed by atoms with Gasteiger partial charge in [0, 0.05) is 29.8 Å². The van der Waals surface area contributed by atoms with Gasteiger partial charge in [0.1, 0.15) is 17.3 Å². The second-order valence-electron chi connectivity index (χ2n) is 5.59. The highest BCUT2D eigenvalue weighted by atomic mass is 19.1. The van der Waals surface area contributed by atoms with Crippen LogP contribution < -0.4 is 14.8 Å². The molecule has 0 aromatic heterocycles. The number of nitrogens with one attached hydrogen (secondary N) is 1.